The summed E-state index contributed by atoms with van der Waals surface area (Å²) in [6.45, 7) is 2.28. The van der Waals surface area contributed by atoms with E-state index in [2.05, 4.69) is 0 Å². The number of hydrogen-bond acceptors (Lipinski definition) is 2. The molecule has 0 spiro atoms. The lowest BCUT2D eigenvalue weighted by Gasteiger charge is -1.98. The Balaban J connectivity index is 1.68. The fraction of sp³-hybridized carbons (Fsp3) is 1.00. The second-order valence-corrected chi connectivity index (χ2v) is 2.44. The average molecular weight is 145 g/mol. The van der Waals surface area contributed by atoms with Crippen LogP contribution in [0.5, 0.6) is 0 Å². The molecule has 1 atom stereocenters. The number of hydrogen-bond donors (Lipinski definition) is 0. The van der Waals surface area contributed by atoms with Gasteiger partial charge in [0.05, 0.1) is 19.8 Å². The molecule has 3 nitrogen and oxygen atoms in total. The van der Waals surface area contributed by atoms with Crippen molar-refractivity contribution >= 4 is 0 Å². The van der Waals surface area contributed by atoms with E-state index in [1.807, 2.05) is 0 Å². The van der Waals surface area contributed by atoms with Crippen LogP contribution in [0.3, 0.4) is 0 Å². The number of unbranched alkanes of at least 4 members (excludes halogenated alkanes) is 1. The van der Waals surface area contributed by atoms with Crippen LogP contribution in [0.4, 0.5) is 0 Å². The summed E-state index contributed by atoms with van der Waals surface area (Å²) in [5.74, 6) is 0. The molecule has 1 fully saturated rings. The van der Waals surface area contributed by atoms with Crippen LogP contribution in [0.25, 0.3) is 0 Å². The highest BCUT2D eigenvalue weighted by Gasteiger charge is 2.21. The van der Waals surface area contributed by atoms with Crippen molar-refractivity contribution in [3.8, 4) is 0 Å². The standard InChI is InChI=1S/C7H13O3/c8-3-1-2-4-9-5-7-6-10-7/h7H,1-6H2. The smallest absolute Gasteiger partial charge is 0.104 e. The third-order valence-electron chi connectivity index (χ3n) is 1.39. The molecule has 1 aliphatic rings. The molecule has 0 aromatic carbocycles. The summed E-state index contributed by atoms with van der Waals surface area (Å²) >= 11 is 0. The van der Waals surface area contributed by atoms with Gasteiger partial charge >= 0.3 is 0 Å². The Bertz CT molecular complexity index is 80.9. The van der Waals surface area contributed by atoms with Gasteiger partial charge in [-0.15, -0.1) is 0 Å². The summed E-state index contributed by atoms with van der Waals surface area (Å²) in [5.41, 5.74) is 0. The van der Waals surface area contributed by atoms with E-state index in [1.54, 1.807) is 0 Å². The van der Waals surface area contributed by atoms with Gasteiger partial charge in [-0.1, -0.05) is 0 Å². The van der Waals surface area contributed by atoms with Crippen molar-refractivity contribution in [1.29, 1.82) is 0 Å². The predicted molar refractivity (Wildman–Crippen MR) is 35.3 cm³/mol. The van der Waals surface area contributed by atoms with Crippen LogP contribution in [0.15, 0.2) is 0 Å². The van der Waals surface area contributed by atoms with Crippen molar-refractivity contribution in [2.75, 3.05) is 26.4 Å². The van der Waals surface area contributed by atoms with Crippen molar-refractivity contribution in [3.63, 3.8) is 0 Å². The highest BCUT2D eigenvalue weighted by molar-refractivity contribution is 4.66. The molecule has 10 heavy (non-hydrogen) atoms. The highest BCUT2D eigenvalue weighted by Crippen LogP contribution is 2.08. The zero-order valence-electron chi connectivity index (χ0n) is 6.04. The van der Waals surface area contributed by atoms with Crippen molar-refractivity contribution in [2.24, 2.45) is 0 Å². The molecule has 0 amide bonds. The summed E-state index contributed by atoms with van der Waals surface area (Å²) in [6, 6.07) is 0. The van der Waals surface area contributed by atoms with Crippen LogP contribution in [0.1, 0.15) is 12.8 Å². The molecule has 1 rings (SSSR count). The van der Waals surface area contributed by atoms with Crippen molar-refractivity contribution < 1.29 is 14.6 Å². The lowest BCUT2D eigenvalue weighted by Crippen LogP contribution is -2.02. The van der Waals surface area contributed by atoms with Crippen LogP contribution < -0.4 is 0 Å². The zero-order chi connectivity index (χ0) is 7.23. The molecule has 1 radical (unpaired) electrons. The summed E-state index contributed by atoms with van der Waals surface area (Å²) < 4.78 is 10.1. The number of ether oxygens (including phenoxy) is 2. The molecule has 1 unspecified atom stereocenters. The first-order valence-electron chi connectivity index (χ1n) is 3.71. The SMILES string of the molecule is [O]CCCCOCC1CO1. The molecule has 1 saturated heterocycles. The van der Waals surface area contributed by atoms with E-state index in [9.17, 15) is 5.11 Å². The molecular weight excluding hydrogens is 132 g/mol. The Labute approximate surface area is 60.9 Å². The van der Waals surface area contributed by atoms with Gasteiger partial charge in [0.2, 0.25) is 0 Å². The zero-order valence-corrected chi connectivity index (χ0v) is 6.04. The fourth-order valence-corrected chi connectivity index (χ4v) is 0.685. The molecule has 3 heteroatoms. The minimum atomic E-state index is 0.0172. The molecule has 1 aliphatic heterocycles. The first kappa shape index (κ1) is 7.98. The van der Waals surface area contributed by atoms with Gasteiger partial charge in [0, 0.05) is 6.61 Å². The first-order chi connectivity index (χ1) is 4.93. The van der Waals surface area contributed by atoms with Gasteiger partial charge in [-0.2, -0.15) is 0 Å². The molecule has 0 N–H and O–H groups in total. The van der Waals surface area contributed by atoms with Gasteiger partial charge in [0.15, 0.2) is 0 Å². The first-order valence-corrected chi connectivity index (χ1v) is 3.71. The summed E-state index contributed by atoms with van der Waals surface area (Å²) in [7, 11) is 0. The van der Waals surface area contributed by atoms with E-state index >= 15 is 0 Å². The van der Waals surface area contributed by atoms with Gasteiger partial charge in [-0.3, -0.25) is 0 Å². The number of rotatable bonds is 6. The Morgan fingerprint density at radius 1 is 1.50 bits per heavy atom. The Hall–Kier alpha value is -0.120. The second kappa shape index (κ2) is 4.66. The largest absolute Gasteiger partial charge is 0.379 e. The summed E-state index contributed by atoms with van der Waals surface area (Å²) in [4.78, 5) is 0. The molecule has 1 heterocycles. The van der Waals surface area contributed by atoms with Crippen molar-refractivity contribution in [1.82, 2.24) is 0 Å². The maximum absolute atomic E-state index is 9.96. The van der Waals surface area contributed by atoms with Crippen LogP contribution in [0.2, 0.25) is 0 Å². The minimum absolute atomic E-state index is 0.0172. The summed E-state index contributed by atoms with van der Waals surface area (Å²) in [5, 5.41) is 9.96. The quantitative estimate of drug-likeness (QED) is 0.406. The molecule has 59 valence electrons. The van der Waals surface area contributed by atoms with E-state index in [1.165, 1.54) is 0 Å². The lowest BCUT2D eigenvalue weighted by atomic mass is 10.3. The van der Waals surface area contributed by atoms with Crippen molar-refractivity contribution in [3.05, 3.63) is 0 Å². The minimum Gasteiger partial charge on any atom is -0.379 e. The Morgan fingerprint density at radius 2 is 2.30 bits per heavy atom. The van der Waals surface area contributed by atoms with E-state index in [0.717, 1.165) is 19.4 Å². The molecule has 0 aliphatic carbocycles. The van der Waals surface area contributed by atoms with Gasteiger partial charge in [-0.25, -0.2) is 5.11 Å². The number of epoxide rings is 1. The molecular formula is C7H13O3. The third-order valence-corrected chi connectivity index (χ3v) is 1.39. The van der Waals surface area contributed by atoms with E-state index < -0.39 is 0 Å². The van der Waals surface area contributed by atoms with Crippen molar-refractivity contribution in [2.45, 2.75) is 18.9 Å². The molecule has 0 aromatic rings. The third kappa shape index (κ3) is 3.82. The van der Waals surface area contributed by atoms with E-state index in [-0.39, 0.29) is 6.61 Å². The topological polar surface area (TPSA) is 41.7 Å². The van der Waals surface area contributed by atoms with Gasteiger partial charge < -0.3 is 9.47 Å². The van der Waals surface area contributed by atoms with Crippen LogP contribution in [0, 0.1) is 0 Å². The Kier molecular flexibility index (Phi) is 3.72. The lowest BCUT2D eigenvalue weighted by molar-refractivity contribution is 0.103. The van der Waals surface area contributed by atoms with Gasteiger partial charge in [-0.05, 0) is 12.8 Å². The van der Waals surface area contributed by atoms with Crippen LogP contribution in [-0.2, 0) is 14.6 Å². The predicted octanol–water partition coefficient (Wildman–Crippen LogP) is 0.613. The monoisotopic (exact) mass is 145 g/mol. The maximum Gasteiger partial charge on any atom is 0.104 e. The molecule has 0 saturated carbocycles. The van der Waals surface area contributed by atoms with Gasteiger partial charge in [0.25, 0.3) is 0 Å². The normalized spacial score (nSPS) is 23.1. The molecule has 0 aromatic heterocycles. The van der Waals surface area contributed by atoms with Crippen LogP contribution in [-0.4, -0.2) is 32.5 Å². The summed E-state index contributed by atoms with van der Waals surface area (Å²) in [6.07, 6.45) is 1.97. The highest BCUT2D eigenvalue weighted by atomic mass is 16.6. The fourth-order valence-electron chi connectivity index (χ4n) is 0.685. The Morgan fingerprint density at radius 3 is 2.90 bits per heavy atom. The van der Waals surface area contributed by atoms with E-state index in [0.29, 0.717) is 19.3 Å². The second-order valence-electron chi connectivity index (χ2n) is 2.44. The van der Waals surface area contributed by atoms with Gasteiger partial charge in [0.1, 0.15) is 6.10 Å². The maximum atomic E-state index is 9.96. The van der Waals surface area contributed by atoms with Crippen LogP contribution >= 0.6 is 0 Å². The average Bonchev–Trinajstić information content (AvgIpc) is 2.71. The van der Waals surface area contributed by atoms with E-state index in [4.69, 9.17) is 9.47 Å². The molecule has 0 bridgehead atoms.